The van der Waals surface area contributed by atoms with Crippen molar-refractivity contribution < 1.29 is 0 Å². The van der Waals surface area contributed by atoms with Crippen LogP contribution in [-0.4, -0.2) is 11.5 Å². The Balaban J connectivity index is 2.75. The van der Waals surface area contributed by atoms with Crippen LogP contribution in [0.5, 0.6) is 0 Å². The van der Waals surface area contributed by atoms with Crippen LogP contribution < -0.4 is 11.1 Å². The molecule has 0 aromatic carbocycles. The highest BCUT2D eigenvalue weighted by Crippen LogP contribution is 2.15. The van der Waals surface area contributed by atoms with Crippen molar-refractivity contribution >= 4 is 27.4 Å². The quantitative estimate of drug-likeness (QED) is 0.854. The highest BCUT2D eigenvalue weighted by molar-refractivity contribution is 9.11. The summed E-state index contributed by atoms with van der Waals surface area (Å²) in [5.41, 5.74) is 7.30. The van der Waals surface area contributed by atoms with Crippen molar-refractivity contribution in [2.75, 3.05) is 17.6 Å². The van der Waals surface area contributed by atoms with Crippen molar-refractivity contribution in [3.63, 3.8) is 0 Å². The van der Waals surface area contributed by atoms with Gasteiger partial charge in [-0.15, -0.1) is 0 Å². The van der Waals surface area contributed by atoms with E-state index in [1.165, 1.54) is 0 Å². The summed E-state index contributed by atoms with van der Waals surface area (Å²) in [5.74, 6) is 0.709. The molecule has 0 spiro atoms. The van der Waals surface area contributed by atoms with Crippen LogP contribution in [-0.2, 0) is 0 Å². The molecule has 3 N–H and O–H groups in total. The van der Waals surface area contributed by atoms with E-state index in [2.05, 4.69) is 32.8 Å². The Morgan fingerprint density at radius 3 is 3.00 bits per heavy atom. The lowest BCUT2D eigenvalue weighted by Crippen LogP contribution is -2.06. The lowest BCUT2D eigenvalue weighted by Gasteiger charge is -2.07. The Hall–Kier alpha value is -1.03. The Morgan fingerprint density at radius 1 is 1.69 bits per heavy atom. The summed E-state index contributed by atoms with van der Waals surface area (Å²) < 4.78 is 0.871. The molecule has 0 saturated heterocycles. The zero-order chi connectivity index (χ0) is 9.84. The first kappa shape index (κ1) is 10.1. The van der Waals surface area contributed by atoms with Crippen LogP contribution in [0.15, 0.2) is 23.2 Å². The predicted octanol–water partition coefficient (Wildman–Crippen LogP) is 2.29. The van der Waals surface area contributed by atoms with Crippen LogP contribution >= 0.6 is 15.9 Å². The monoisotopic (exact) mass is 241 g/mol. The van der Waals surface area contributed by atoms with Crippen molar-refractivity contribution in [3.8, 4) is 0 Å². The van der Waals surface area contributed by atoms with Gasteiger partial charge in [0.25, 0.3) is 0 Å². The van der Waals surface area contributed by atoms with Crippen molar-refractivity contribution in [2.45, 2.75) is 6.92 Å². The van der Waals surface area contributed by atoms with Gasteiger partial charge >= 0.3 is 0 Å². The minimum atomic E-state index is 0.626. The van der Waals surface area contributed by atoms with Crippen LogP contribution in [0.1, 0.15) is 5.69 Å². The van der Waals surface area contributed by atoms with E-state index in [4.69, 9.17) is 5.73 Å². The molecular weight excluding hydrogens is 230 g/mol. The summed E-state index contributed by atoms with van der Waals surface area (Å²) in [7, 11) is 0. The first-order valence-electron chi connectivity index (χ1n) is 3.90. The van der Waals surface area contributed by atoms with Gasteiger partial charge in [-0.25, -0.2) is 4.98 Å². The molecule has 0 unspecified atom stereocenters. The zero-order valence-corrected chi connectivity index (χ0v) is 9.06. The van der Waals surface area contributed by atoms with Gasteiger partial charge in [0.1, 0.15) is 5.82 Å². The molecule has 1 aromatic rings. The first-order chi connectivity index (χ1) is 6.09. The second-order valence-electron chi connectivity index (χ2n) is 2.76. The van der Waals surface area contributed by atoms with Crippen molar-refractivity contribution in [1.82, 2.24) is 4.98 Å². The molecule has 1 aromatic heterocycles. The van der Waals surface area contributed by atoms with Gasteiger partial charge in [-0.3, -0.25) is 0 Å². The lowest BCUT2D eigenvalue weighted by atomic mass is 10.3. The van der Waals surface area contributed by atoms with Crippen molar-refractivity contribution in [3.05, 3.63) is 28.9 Å². The average Bonchev–Trinajstić information content (AvgIpc) is 2.06. The number of nitrogens with two attached hydrogens (primary N) is 1. The molecule has 0 saturated carbocycles. The van der Waals surface area contributed by atoms with Crippen LogP contribution in [0.3, 0.4) is 0 Å². The van der Waals surface area contributed by atoms with E-state index in [0.29, 0.717) is 18.1 Å². The SMILES string of the molecule is C=C(Br)CNc1nc(C)ccc1N. The van der Waals surface area contributed by atoms with Gasteiger partial charge in [0, 0.05) is 16.7 Å². The fourth-order valence-electron chi connectivity index (χ4n) is 0.889. The summed E-state index contributed by atoms with van der Waals surface area (Å²) >= 11 is 3.25. The Kier molecular flexibility index (Phi) is 3.31. The molecule has 0 aliphatic rings. The second kappa shape index (κ2) is 4.28. The maximum absolute atomic E-state index is 5.71. The molecular formula is C9H12BrN3. The van der Waals surface area contributed by atoms with Crippen LogP contribution in [0.2, 0.25) is 0 Å². The Bertz CT molecular complexity index is 323. The first-order valence-corrected chi connectivity index (χ1v) is 4.69. The van der Waals surface area contributed by atoms with E-state index in [9.17, 15) is 0 Å². The number of rotatable bonds is 3. The topological polar surface area (TPSA) is 50.9 Å². The number of hydrogen-bond donors (Lipinski definition) is 2. The minimum absolute atomic E-state index is 0.626. The van der Waals surface area contributed by atoms with E-state index < -0.39 is 0 Å². The number of aromatic nitrogens is 1. The van der Waals surface area contributed by atoms with Gasteiger partial charge in [-0.1, -0.05) is 22.5 Å². The van der Waals surface area contributed by atoms with Gasteiger partial charge in [0.2, 0.25) is 0 Å². The molecule has 4 heteroatoms. The number of aryl methyl sites for hydroxylation is 1. The summed E-state index contributed by atoms with van der Waals surface area (Å²) in [6.45, 7) is 6.26. The molecule has 1 heterocycles. The molecule has 0 atom stereocenters. The second-order valence-corrected chi connectivity index (χ2v) is 3.88. The Morgan fingerprint density at radius 2 is 2.38 bits per heavy atom. The van der Waals surface area contributed by atoms with Gasteiger partial charge in [-0.05, 0) is 19.1 Å². The smallest absolute Gasteiger partial charge is 0.149 e. The van der Waals surface area contributed by atoms with E-state index >= 15 is 0 Å². The molecule has 0 radical (unpaired) electrons. The summed E-state index contributed by atoms with van der Waals surface area (Å²) in [6.07, 6.45) is 0. The van der Waals surface area contributed by atoms with E-state index in [0.717, 1.165) is 10.2 Å². The number of nitrogen functional groups attached to an aromatic ring is 1. The van der Waals surface area contributed by atoms with Gasteiger partial charge in [0.05, 0.1) is 5.69 Å². The number of anilines is 2. The molecule has 13 heavy (non-hydrogen) atoms. The highest BCUT2D eigenvalue weighted by Gasteiger charge is 1.99. The summed E-state index contributed by atoms with van der Waals surface area (Å²) in [6, 6.07) is 3.71. The standard InChI is InChI=1S/C9H12BrN3/c1-6(10)5-12-9-8(11)4-3-7(2)13-9/h3-4H,1,5,11H2,2H3,(H,12,13). The summed E-state index contributed by atoms with van der Waals surface area (Å²) in [4.78, 5) is 4.25. The van der Waals surface area contributed by atoms with Gasteiger partial charge < -0.3 is 11.1 Å². The molecule has 0 bridgehead atoms. The number of nitrogens with zero attached hydrogens (tertiary/aromatic N) is 1. The number of halogens is 1. The normalized spacial score (nSPS) is 9.69. The van der Waals surface area contributed by atoms with Gasteiger partial charge in [0.15, 0.2) is 0 Å². The van der Waals surface area contributed by atoms with Crippen LogP contribution in [0.25, 0.3) is 0 Å². The minimum Gasteiger partial charge on any atom is -0.396 e. The van der Waals surface area contributed by atoms with E-state index in [1.807, 2.05) is 19.1 Å². The van der Waals surface area contributed by atoms with E-state index in [-0.39, 0.29) is 0 Å². The van der Waals surface area contributed by atoms with Crippen LogP contribution in [0.4, 0.5) is 11.5 Å². The molecule has 0 aliphatic heterocycles. The van der Waals surface area contributed by atoms with E-state index in [1.54, 1.807) is 0 Å². The molecule has 0 aliphatic carbocycles. The number of pyridine rings is 1. The molecule has 3 nitrogen and oxygen atoms in total. The fraction of sp³-hybridized carbons (Fsp3) is 0.222. The Labute approximate surface area is 86.2 Å². The molecule has 0 amide bonds. The molecule has 70 valence electrons. The average molecular weight is 242 g/mol. The highest BCUT2D eigenvalue weighted by atomic mass is 79.9. The molecule has 1 rings (SSSR count). The lowest BCUT2D eigenvalue weighted by molar-refractivity contribution is 1.16. The van der Waals surface area contributed by atoms with Crippen LogP contribution in [0, 0.1) is 6.92 Å². The number of hydrogen-bond acceptors (Lipinski definition) is 3. The van der Waals surface area contributed by atoms with Crippen molar-refractivity contribution in [1.29, 1.82) is 0 Å². The third kappa shape index (κ3) is 3.06. The number of nitrogens with one attached hydrogen (secondary N) is 1. The summed E-state index contributed by atoms with van der Waals surface area (Å²) in [5, 5.41) is 3.07. The zero-order valence-electron chi connectivity index (χ0n) is 7.47. The van der Waals surface area contributed by atoms with Crippen molar-refractivity contribution in [2.24, 2.45) is 0 Å². The maximum Gasteiger partial charge on any atom is 0.149 e. The maximum atomic E-state index is 5.71. The van der Waals surface area contributed by atoms with Gasteiger partial charge in [-0.2, -0.15) is 0 Å². The predicted molar refractivity (Wildman–Crippen MR) is 59.9 cm³/mol. The largest absolute Gasteiger partial charge is 0.396 e. The molecule has 0 fully saturated rings. The third-order valence-electron chi connectivity index (χ3n) is 1.51. The fourth-order valence-corrected chi connectivity index (χ4v) is 1.03. The third-order valence-corrected chi connectivity index (χ3v) is 1.79.